The summed E-state index contributed by atoms with van der Waals surface area (Å²) < 4.78 is 0. The first kappa shape index (κ1) is 19.9. The number of thiophene rings is 1. The monoisotopic (exact) mass is 421 g/mol. The van der Waals surface area contributed by atoms with Crippen LogP contribution in [-0.4, -0.2) is 30.0 Å². The first-order valence-corrected chi connectivity index (χ1v) is 10.7. The Kier molecular flexibility index (Phi) is 6.24. The Hall–Kier alpha value is -3.39. The largest absolute Gasteiger partial charge is 0.357 e. The molecule has 0 saturated carbocycles. The van der Waals surface area contributed by atoms with Crippen molar-refractivity contribution in [2.75, 3.05) is 28.6 Å². The summed E-state index contributed by atoms with van der Waals surface area (Å²) in [5.41, 5.74) is 1.72. The first-order chi connectivity index (χ1) is 14.7. The van der Waals surface area contributed by atoms with Gasteiger partial charge in [0.1, 0.15) is 5.82 Å². The van der Waals surface area contributed by atoms with Crippen molar-refractivity contribution in [2.24, 2.45) is 0 Å². The van der Waals surface area contributed by atoms with Crippen LogP contribution in [0.4, 0.5) is 21.3 Å². The molecule has 154 valence electrons. The van der Waals surface area contributed by atoms with Gasteiger partial charge in [-0.15, -0.1) is 11.3 Å². The topological polar surface area (TPSA) is 86.4 Å². The Bertz CT molecular complexity index is 1020. The van der Waals surface area contributed by atoms with E-state index in [2.05, 4.69) is 25.8 Å². The third-order valence-corrected chi connectivity index (χ3v) is 5.79. The number of benzene rings is 1. The fourth-order valence-electron chi connectivity index (χ4n) is 3.28. The zero-order valence-electron chi connectivity index (χ0n) is 16.4. The quantitative estimate of drug-likeness (QED) is 0.553. The van der Waals surface area contributed by atoms with Crippen LogP contribution in [0.15, 0.2) is 60.8 Å². The van der Waals surface area contributed by atoms with Crippen LogP contribution in [0.3, 0.4) is 0 Å². The van der Waals surface area contributed by atoms with Crippen molar-refractivity contribution in [2.45, 2.75) is 19.4 Å². The number of hydrogen-bond acceptors (Lipinski definition) is 5. The van der Waals surface area contributed by atoms with E-state index in [1.165, 1.54) is 24.2 Å². The highest BCUT2D eigenvalue weighted by atomic mass is 32.1. The van der Waals surface area contributed by atoms with Gasteiger partial charge in [0.05, 0.1) is 9.88 Å². The number of carbonyl (C=O) groups excluding carboxylic acids is 2. The molecule has 1 aromatic carbocycles. The molecule has 0 unspecified atom stereocenters. The molecule has 0 bridgehead atoms. The molecule has 1 fully saturated rings. The third kappa shape index (κ3) is 5.15. The van der Waals surface area contributed by atoms with Gasteiger partial charge in [0.25, 0.3) is 5.91 Å². The predicted octanol–water partition coefficient (Wildman–Crippen LogP) is 4.32. The summed E-state index contributed by atoms with van der Waals surface area (Å²) in [6.45, 7) is 2.49. The Morgan fingerprint density at radius 1 is 1.00 bits per heavy atom. The summed E-state index contributed by atoms with van der Waals surface area (Å²) in [5.74, 6) is 0.794. The molecular formula is C22H23N5O2S. The number of nitrogens with one attached hydrogen (secondary N) is 3. The van der Waals surface area contributed by atoms with E-state index in [-0.39, 0.29) is 11.9 Å². The number of nitrogens with zero attached hydrogens (tertiary/aromatic N) is 2. The average Bonchev–Trinajstić information content (AvgIpc) is 3.45. The molecule has 2 aromatic heterocycles. The van der Waals surface area contributed by atoms with Crippen LogP contribution in [0.25, 0.3) is 0 Å². The Balaban J connectivity index is 1.30. The van der Waals surface area contributed by atoms with Gasteiger partial charge in [-0.2, -0.15) is 0 Å². The van der Waals surface area contributed by atoms with Crippen molar-refractivity contribution in [3.8, 4) is 0 Å². The number of hydrogen-bond donors (Lipinski definition) is 3. The fourth-order valence-corrected chi connectivity index (χ4v) is 4.10. The molecule has 30 heavy (non-hydrogen) atoms. The van der Waals surface area contributed by atoms with E-state index in [0.717, 1.165) is 24.5 Å². The molecule has 7 nitrogen and oxygen atoms in total. The molecule has 3 amide bonds. The van der Waals surface area contributed by atoms with Crippen molar-refractivity contribution >= 4 is 39.8 Å². The van der Waals surface area contributed by atoms with Crippen LogP contribution in [0.5, 0.6) is 0 Å². The second kappa shape index (κ2) is 9.41. The number of aromatic nitrogens is 1. The summed E-state index contributed by atoms with van der Waals surface area (Å²) in [5, 5.41) is 9.04. The number of anilines is 3. The highest BCUT2D eigenvalue weighted by Gasteiger charge is 2.14. The number of amides is 3. The lowest BCUT2D eigenvalue weighted by atomic mass is 10.2. The lowest BCUT2D eigenvalue weighted by molar-refractivity contribution is 0.0955. The Morgan fingerprint density at radius 3 is 2.60 bits per heavy atom. The molecule has 1 aliphatic heterocycles. The minimum Gasteiger partial charge on any atom is -0.357 e. The lowest BCUT2D eigenvalue weighted by Gasteiger charge is -2.16. The van der Waals surface area contributed by atoms with Gasteiger partial charge in [-0.05, 0) is 54.8 Å². The Labute approximate surface area is 179 Å². The molecule has 0 radical (unpaired) electrons. The number of para-hydroxylation sites is 1. The third-order valence-electron chi connectivity index (χ3n) is 4.79. The van der Waals surface area contributed by atoms with E-state index in [4.69, 9.17) is 0 Å². The maximum absolute atomic E-state index is 12.5. The molecule has 1 saturated heterocycles. The molecule has 0 atom stereocenters. The van der Waals surface area contributed by atoms with Crippen molar-refractivity contribution in [1.82, 2.24) is 10.3 Å². The molecule has 3 N–H and O–H groups in total. The lowest BCUT2D eigenvalue weighted by Crippen LogP contribution is -2.23. The second-order valence-electron chi connectivity index (χ2n) is 7.01. The van der Waals surface area contributed by atoms with Gasteiger partial charge in [-0.1, -0.05) is 18.2 Å². The van der Waals surface area contributed by atoms with Crippen LogP contribution < -0.4 is 20.9 Å². The van der Waals surface area contributed by atoms with E-state index in [0.29, 0.717) is 22.1 Å². The molecule has 0 spiro atoms. The van der Waals surface area contributed by atoms with Gasteiger partial charge in [0.2, 0.25) is 0 Å². The molecule has 3 aromatic rings. The minimum absolute atomic E-state index is 0.170. The molecular weight excluding hydrogens is 398 g/mol. The average molecular weight is 422 g/mol. The zero-order valence-corrected chi connectivity index (χ0v) is 17.2. The van der Waals surface area contributed by atoms with Crippen molar-refractivity contribution in [1.29, 1.82) is 0 Å². The van der Waals surface area contributed by atoms with Gasteiger partial charge >= 0.3 is 6.03 Å². The van der Waals surface area contributed by atoms with Gasteiger partial charge in [0.15, 0.2) is 0 Å². The van der Waals surface area contributed by atoms with E-state index in [9.17, 15) is 9.59 Å². The summed E-state index contributed by atoms with van der Waals surface area (Å²) >= 11 is 1.23. The van der Waals surface area contributed by atoms with Gasteiger partial charge in [-0.25, -0.2) is 9.78 Å². The van der Waals surface area contributed by atoms with Crippen molar-refractivity contribution in [3.05, 3.63) is 71.2 Å². The van der Waals surface area contributed by atoms with Gasteiger partial charge in [-0.3, -0.25) is 10.1 Å². The van der Waals surface area contributed by atoms with E-state index >= 15 is 0 Å². The molecule has 1 aliphatic rings. The van der Waals surface area contributed by atoms with Gasteiger partial charge < -0.3 is 15.5 Å². The van der Waals surface area contributed by atoms with Crippen LogP contribution in [-0.2, 0) is 6.54 Å². The summed E-state index contributed by atoms with van der Waals surface area (Å²) in [4.78, 5) is 31.8. The fraction of sp³-hybridized carbons (Fsp3) is 0.227. The number of pyridine rings is 1. The van der Waals surface area contributed by atoms with Gasteiger partial charge in [0, 0.05) is 31.5 Å². The summed E-state index contributed by atoms with van der Waals surface area (Å²) in [7, 11) is 0. The predicted molar refractivity (Wildman–Crippen MR) is 120 cm³/mol. The zero-order chi connectivity index (χ0) is 20.8. The van der Waals surface area contributed by atoms with E-state index < -0.39 is 0 Å². The highest BCUT2D eigenvalue weighted by molar-refractivity contribution is 7.18. The van der Waals surface area contributed by atoms with Crippen LogP contribution in [0.1, 0.15) is 28.1 Å². The SMILES string of the molecule is O=C(Nc1ccccc1)Nc1ccc(C(=O)NCc2ccnc(N3CCCC3)c2)s1. The summed E-state index contributed by atoms with van der Waals surface area (Å²) in [6.07, 6.45) is 4.18. The van der Waals surface area contributed by atoms with Crippen molar-refractivity contribution < 1.29 is 9.59 Å². The normalized spacial score (nSPS) is 13.1. The number of urea groups is 1. The Morgan fingerprint density at radius 2 is 1.80 bits per heavy atom. The maximum atomic E-state index is 12.5. The van der Waals surface area contributed by atoms with E-state index in [1.807, 2.05) is 30.3 Å². The van der Waals surface area contributed by atoms with Crippen molar-refractivity contribution in [3.63, 3.8) is 0 Å². The molecule has 3 heterocycles. The van der Waals surface area contributed by atoms with E-state index in [1.54, 1.807) is 30.5 Å². The smallest absolute Gasteiger partial charge is 0.324 e. The van der Waals surface area contributed by atoms with Crippen LogP contribution in [0.2, 0.25) is 0 Å². The molecule has 4 rings (SSSR count). The van der Waals surface area contributed by atoms with Crippen LogP contribution in [0, 0.1) is 0 Å². The maximum Gasteiger partial charge on any atom is 0.324 e. The number of carbonyl (C=O) groups is 2. The minimum atomic E-state index is -0.346. The highest BCUT2D eigenvalue weighted by Crippen LogP contribution is 2.23. The second-order valence-corrected chi connectivity index (χ2v) is 8.09. The summed E-state index contributed by atoms with van der Waals surface area (Å²) in [6, 6.07) is 16.2. The standard InChI is InChI=1S/C22H23N5O2S/c28-21(24-15-16-10-11-23-19(14-16)27-12-4-5-13-27)18-8-9-20(30-18)26-22(29)25-17-6-2-1-3-7-17/h1-3,6-11,14H,4-5,12-13,15H2,(H,24,28)(H2,25,26,29). The number of rotatable bonds is 6. The molecule has 0 aliphatic carbocycles. The van der Waals surface area contributed by atoms with Crippen LogP contribution >= 0.6 is 11.3 Å². The molecule has 8 heteroatoms. The first-order valence-electron chi connectivity index (χ1n) is 9.88.